The summed E-state index contributed by atoms with van der Waals surface area (Å²) in [6, 6.07) is 9.67. The van der Waals surface area contributed by atoms with Crippen LogP contribution < -0.4 is 15.4 Å². The molecule has 0 aliphatic rings. The minimum absolute atomic E-state index is 0.586. The summed E-state index contributed by atoms with van der Waals surface area (Å²) >= 11 is 0. The molecule has 0 radical (unpaired) electrons. The van der Waals surface area contributed by atoms with Crippen molar-refractivity contribution in [2.75, 3.05) is 23.8 Å². The standard InChI is InChI=1S/C16H20N4O/c1-4-10-17-16-18-12(3)11-15(20-16)19-13-6-8-14(9-7-13)21-5-2/h4,6-9,11H,1,5,10H2,2-3H3,(H2,17,18,19,20). The van der Waals surface area contributed by atoms with Crippen LogP contribution in [0.3, 0.4) is 0 Å². The minimum atomic E-state index is 0.586. The zero-order valence-corrected chi connectivity index (χ0v) is 12.4. The fourth-order valence-electron chi connectivity index (χ4n) is 1.82. The quantitative estimate of drug-likeness (QED) is 0.762. The van der Waals surface area contributed by atoms with Crippen LogP contribution in [-0.4, -0.2) is 23.1 Å². The van der Waals surface area contributed by atoms with Crippen LogP contribution in [0.15, 0.2) is 43.0 Å². The number of benzene rings is 1. The van der Waals surface area contributed by atoms with Gasteiger partial charge in [0.15, 0.2) is 0 Å². The lowest BCUT2D eigenvalue weighted by molar-refractivity contribution is 0.340. The van der Waals surface area contributed by atoms with E-state index in [-0.39, 0.29) is 0 Å². The van der Waals surface area contributed by atoms with E-state index < -0.39 is 0 Å². The number of hydrogen-bond donors (Lipinski definition) is 2. The van der Waals surface area contributed by atoms with Crippen LogP contribution in [0.25, 0.3) is 0 Å². The van der Waals surface area contributed by atoms with Crippen LogP contribution in [0.1, 0.15) is 12.6 Å². The third kappa shape index (κ3) is 4.49. The monoisotopic (exact) mass is 284 g/mol. The molecule has 2 aromatic rings. The topological polar surface area (TPSA) is 59.1 Å². The number of nitrogens with one attached hydrogen (secondary N) is 2. The third-order valence-electron chi connectivity index (χ3n) is 2.70. The van der Waals surface area contributed by atoms with Crippen molar-refractivity contribution < 1.29 is 4.74 Å². The Morgan fingerprint density at radius 1 is 1.24 bits per heavy atom. The van der Waals surface area contributed by atoms with Gasteiger partial charge in [0.25, 0.3) is 0 Å². The van der Waals surface area contributed by atoms with Gasteiger partial charge in [-0.05, 0) is 38.1 Å². The Balaban J connectivity index is 2.10. The highest BCUT2D eigenvalue weighted by atomic mass is 16.5. The number of ether oxygens (including phenoxy) is 1. The van der Waals surface area contributed by atoms with Crippen molar-refractivity contribution in [2.24, 2.45) is 0 Å². The fourth-order valence-corrected chi connectivity index (χ4v) is 1.82. The summed E-state index contributed by atoms with van der Waals surface area (Å²) < 4.78 is 5.42. The lowest BCUT2D eigenvalue weighted by Crippen LogP contribution is -2.05. The van der Waals surface area contributed by atoms with Crippen LogP contribution in [0, 0.1) is 6.92 Å². The van der Waals surface area contributed by atoms with E-state index >= 15 is 0 Å². The molecule has 0 unspecified atom stereocenters. The molecule has 21 heavy (non-hydrogen) atoms. The van der Waals surface area contributed by atoms with Crippen LogP contribution in [0.2, 0.25) is 0 Å². The first kappa shape index (κ1) is 14.8. The third-order valence-corrected chi connectivity index (χ3v) is 2.70. The lowest BCUT2D eigenvalue weighted by atomic mass is 10.3. The van der Waals surface area contributed by atoms with Crippen molar-refractivity contribution in [1.82, 2.24) is 9.97 Å². The molecule has 1 aromatic heterocycles. The lowest BCUT2D eigenvalue weighted by Gasteiger charge is -2.10. The Kier molecular flexibility index (Phi) is 5.15. The summed E-state index contributed by atoms with van der Waals surface area (Å²) in [6.45, 7) is 8.86. The minimum Gasteiger partial charge on any atom is -0.494 e. The molecule has 0 aliphatic carbocycles. The van der Waals surface area contributed by atoms with E-state index in [0.29, 0.717) is 19.1 Å². The first-order valence-corrected chi connectivity index (χ1v) is 6.91. The van der Waals surface area contributed by atoms with Crippen LogP contribution >= 0.6 is 0 Å². The second-order valence-corrected chi connectivity index (χ2v) is 4.47. The van der Waals surface area contributed by atoms with E-state index in [9.17, 15) is 0 Å². The van der Waals surface area contributed by atoms with Gasteiger partial charge >= 0.3 is 0 Å². The molecule has 1 heterocycles. The van der Waals surface area contributed by atoms with E-state index in [1.807, 2.05) is 44.2 Å². The largest absolute Gasteiger partial charge is 0.494 e. The van der Waals surface area contributed by atoms with Gasteiger partial charge in [-0.3, -0.25) is 0 Å². The molecule has 0 saturated carbocycles. The molecule has 2 rings (SSSR count). The van der Waals surface area contributed by atoms with Gasteiger partial charge in [-0.1, -0.05) is 6.08 Å². The van der Waals surface area contributed by atoms with Crippen LogP contribution in [-0.2, 0) is 0 Å². The van der Waals surface area contributed by atoms with E-state index in [1.165, 1.54) is 0 Å². The number of rotatable bonds is 7. The number of hydrogen-bond acceptors (Lipinski definition) is 5. The predicted molar refractivity (Wildman–Crippen MR) is 86.3 cm³/mol. The molecular formula is C16H20N4O. The molecule has 0 fully saturated rings. The second-order valence-electron chi connectivity index (χ2n) is 4.47. The van der Waals surface area contributed by atoms with Gasteiger partial charge in [-0.15, -0.1) is 6.58 Å². The van der Waals surface area contributed by atoms with Crippen molar-refractivity contribution >= 4 is 17.5 Å². The zero-order valence-electron chi connectivity index (χ0n) is 12.4. The number of aryl methyl sites for hydroxylation is 1. The van der Waals surface area contributed by atoms with Gasteiger partial charge in [-0.25, -0.2) is 4.98 Å². The van der Waals surface area contributed by atoms with Crippen molar-refractivity contribution in [2.45, 2.75) is 13.8 Å². The molecule has 1 aromatic carbocycles. The molecular weight excluding hydrogens is 264 g/mol. The highest BCUT2D eigenvalue weighted by molar-refractivity contribution is 5.58. The molecule has 110 valence electrons. The zero-order chi connectivity index (χ0) is 15.1. The molecule has 0 amide bonds. The molecule has 5 heteroatoms. The number of nitrogens with zero attached hydrogens (tertiary/aromatic N) is 2. The van der Waals surface area contributed by atoms with Gasteiger partial charge in [-0.2, -0.15) is 4.98 Å². The molecule has 0 atom stereocenters. The first-order valence-electron chi connectivity index (χ1n) is 6.91. The van der Waals surface area contributed by atoms with E-state index in [2.05, 4.69) is 27.2 Å². The summed E-state index contributed by atoms with van der Waals surface area (Å²) in [5.74, 6) is 2.19. The Labute approximate surface area is 125 Å². The summed E-state index contributed by atoms with van der Waals surface area (Å²) in [5, 5.41) is 6.35. The average Bonchev–Trinajstić information content (AvgIpc) is 2.47. The normalized spacial score (nSPS) is 10.0. The molecule has 0 spiro atoms. The van der Waals surface area contributed by atoms with E-state index in [0.717, 1.165) is 22.9 Å². The Bertz CT molecular complexity index is 596. The molecule has 0 saturated heterocycles. The first-order chi connectivity index (χ1) is 10.2. The van der Waals surface area contributed by atoms with Gasteiger partial charge in [0.1, 0.15) is 11.6 Å². The maximum atomic E-state index is 5.42. The fraction of sp³-hybridized carbons (Fsp3) is 0.250. The summed E-state index contributed by atoms with van der Waals surface area (Å²) in [6.07, 6.45) is 1.77. The molecule has 5 nitrogen and oxygen atoms in total. The highest BCUT2D eigenvalue weighted by Crippen LogP contribution is 2.20. The summed E-state index contributed by atoms with van der Waals surface area (Å²) in [5.41, 5.74) is 1.84. The molecule has 0 bridgehead atoms. The summed E-state index contributed by atoms with van der Waals surface area (Å²) in [4.78, 5) is 8.73. The van der Waals surface area contributed by atoms with E-state index in [1.54, 1.807) is 6.08 Å². The van der Waals surface area contributed by atoms with Gasteiger partial charge in [0.2, 0.25) is 5.95 Å². The smallest absolute Gasteiger partial charge is 0.225 e. The van der Waals surface area contributed by atoms with Crippen LogP contribution in [0.5, 0.6) is 5.75 Å². The highest BCUT2D eigenvalue weighted by Gasteiger charge is 2.02. The van der Waals surface area contributed by atoms with Crippen LogP contribution in [0.4, 0.5) is 17.5 Å². The maximum absolute atomic E-state index is 5.42. The van der Waals surface area contributed by atoms with Crippen molar-refractivity contribution in [3.05, 3.63) is 48.7 Å². The van der Waals surface area contributed by atoms with Gasteiger partial charge < -0.3 is 15.4 Å². The predicted octanol–water partition coefficient (Wildman–Crippen LogP) is 3.53. The molecule has 0 aliphatic heterocycles. The maximum Gasteiger partial charge on any atom is 0.225 e. The van der Waals surface area contributed by atoms with Gasteiger partial charge in [0.05, 0.1) is 6.61 Å². The number of anilines is 3. The molecule has 2 N–H and O–H groups in total. The SMILES string of the molecule is C=CCNc1nc(C)cc(Nc2ccc(OCC)cc2)n1. The van der Waals surface area contributed by atoms with Crippen molar-refractivity contribution in [3.63, 3.8) is 0 Å². The van der Waals surface area contributed by atoms with Gasteiger partial charge in [0, 0.05) is 24.0 Å². The average molecular weight is 284 g/mol. The van der Waals surface area contributed by atoms with Crippen molar-refractivity contribution in [1.29, 1.82) is 0 Å². The van der Waals surface area contributed by atoms with E-state index in [4.69, 9.17) is 4.74 Å². The Morgan fingerprint density at radius 2 is 2.00 bits per heavy atom. The Hall–Kier alpha value is -2.56. The second kappa shape index (κ2) is 7.28. The Morgan fingerprint density at radius 3 is 2.67 bits per heavy atom. The number of aromatic nitrogens is 2. The van der Waals surface area contributed by atoms with Crippen molar-refractivity contribution in [3.8, 4) is 5.75 Å². The summed E-state index contributed by atoms with van der Waals surface area (Å²) in [7, 11) is 0.